The van der Waals surface area contributed by atoms with E-state index in [1.54, 1.807) is 0 Å². The third-order valence-corrected chi connectivity index (χ3v) is 16.9. The van der Waals surface area contributed by atoms with Crippen LogP contribution in [-0.2, 0) is 0 Å². The zero-order chi connectivity index (χ0) is 36.1. The molecule has 0 radical (unpaired) electrons. The first-order valence-corrected chi connectivity index (χ1v) is 19.4. The molecule has 0 heterocycles. The summed E-state index contributed by atoms with van der Waals surface area (Å²) in [6, 6.07) is 0. The maximum atomic E-state index is 11.0. The number of fused-ring (bicyclic) bond motifs is 10. The minimum Gasteiger partial charge on any atom is -0.396 e. The first-order valence-electron chi connectivity index (χ1n) is 19.4. The van der Waals surface area contributed by atoms with Gasteiger partial charge in [0.25, 0.3) is 0 Å². The van der Waals surface area contributed by atoms with E-state index in [2.05, 4.69) is 25.7 Å². The van der Waals surface area contributed by atoms with Gasteiger partial charge in [0.2, 0.25) is 0 Å². The van der Waals surface area contributed by atoms with Crippen LogP contribution < -0.4 is 0 Å². The second kappa shape index (κ2) is 12.4. The van der Waals surface area contributed by atoms with Crippen molar-refractivity contribution in [3.05, 3.63) is 23.3 Å². The molecule has 0 bridgehead atoms. The molecule has 8 rings (SSSR count). The van der Waals surface area contributed by atoms with Gasteiger partial charge >= 0.3 is 0 Å². The van der Waals surface area contributed by atoms with Crippen LogP contribution >= 0.6 is 0 Å². The van der Waals surface area contributed by atoms with E-state index < -0.39 is 34.2 Å². The summed E-state index contributed by atoms with van der Waals surface area (Å²) in [6.45, 7) is 4.31. The molecule has 8 aliphatic carbocycles. The Morgan fingerprint density at radius 1 is 0.580 bits per heavy atom. The quantitative estimate of drug-likeness (QED) is 0.162. The molecular weight excluding hydrogens is 632 g/mol. The van der Waals surface area contributed by atoms with Crippen LogP contribution in [0.5, 0.6) is 0 Å². The maximum Gasteiger partial charge on any atom is 0.133 e. The fourth-order valence-electron chi connectivity index (χ4n) is 14.0. The van der Waals surface area contributed by atoms with E-state index in [1.165, 1.54) is 11.1 Å². The Labute approximate surface area is 298 Å². The normalized spacial score (nSPS) is 54.7. The molecule has 8 nitrogen and oxygen atoms in total. The van der Waals surface area contributed by atoms with Crippen molar-refractivity contribution in [2.24, 2.45) is 57.2 Å². The molecule has 0 aromatic rings. The van der Waals surface area contributed by atoms with Gasteiger partial charge in [-0.1, -0.05) is 49.0 Å². The van der Waals surface area contributed by atoms with E-state index in [4.69, 9.17) is 12.8 Å². The highest BCUT2D eigenvalue weighted by molar-refractivity contribution is 5.33. The Bertz CT molecular complexity index is 1380. The summed E-state index contributed by atoms with van der Waals surface area (Å²) >= 11 is 0. The Balaban J connectivity index is 0.000000157. The lowest BCUT2D eigenvalue weighted by Crippen LogP contribution is -2.59. The highest BCUT2D eigenvalue weighted by Gasteiger charge is 2.68. The lowest BCUT2D eigenvalue weighted by molar-refractivity contribution is -0.149. The van der Waals surface area contributed by atoms with Crippen LogP contribution in [0.3, 0.4) is 0 Å². The molecule has 50 heavy (non-hydrogen) atoms. The minimum atomic E-state index is -1.27. The van der Waals surface area contributed by atoms with Gasteiger partial charge in [-0.15, -0.1) is 12.8 Å². The molecular formula is C42H60O8. The molecule has 6 saturated carbocycles. The van der Waals surface area contributed by atoms with Crippen LogP contribution in [0.15, 0.2) is 23.3 Å². The van der Waals surface area contributed by atoms with Gasteiger partial charge in [0.05, 0.1) is 37.6 Å². The second-order valence-corrected chi connectivity index (χ2v) is 18.4. The highest BCUT2D eigenvalue weighted by atomic mass is 16.3. The van der Waals surface area contributed by atoms with Crippen LogP contribution in [-0.4, -0.2) is 89.7 Å². The Morgan fingerprint density at radius 3 is 1.28 bits per heavy atom. The largest absolute Gasteiger partial charge is 0.396 e. The third-order valence-electron chi connectivity index (χ3n) is 16.9. The van der Waals surface area contributed by atoms with Crippen molar-refractivity contribution in [2.45, 2.75) is 139 Å². The summed E-state index contributed by atoms with van der Waals surface area (Å²) in [7, 11) is 0. The standard InChI is InChI=1S/2C21H30O4/c2*1-3-21(25)9-6-16-18-15(5-8-20(16,21)12-22)19(2)7-4-14(23)10-13(19)11-17(18)24/h2*1,11,14-18,22-25H,4-10,12H2,2H3/t14-,15?,16?,17+,18?,19+,20-,21+;14-,15?,16?,17-,18?,19-,20+,21-/m10/s1. The zero-order valence-corrected chi connectivity index (χ0v) is 30.0. The van der Waals surface area contributed by atoms with E-state index in [0.717, 1.165) is 51.4 Å². The summed E-state index contributed by atoms with van der Waals surface area (Å²) in [6.07, 6.45) is 23.9. The monoisotopic (exact) mass is 692 g/mol. The molecule has 0 saturated heterocycles. The molecule has 0 aromatic carbocycles. The first kappa shape index (κ1) is 36.6. The van der Waals surface area contributed by atoms with Crippen molar-refractivity contribution in [3.8, 4) is 24.7 Å². The lowest BCUT2D eigenvalue weighted by atomic mass is 9.46. The molecule has 16 atom stereocenters. The molecule has 6 fully saturated rings. The van der Waals surface area contributed by atoms with E-state index in [0.29, 0.717) is 50.4 Å². The fourth-order valence-corrected chi connectivity index (χ4v) is 14.0. The molecule has 0 aromatic heterocycles. The summed E-state index contributed by atoms with van der Waals surface area (Å²) < 4.78 is 0. The zero-order valence-electron chi connectivity index (χ0n) is 30.0. The van der Waals surface area contributed by atoms with Gasteiger partial charge in [0.15, 0.2) is 0 Å². The molecule has 0 spiro atoms. The molecule has 0 aliphatic heterocycles. The number of aliphatic hydroxyl groups excluding tert-OH is 6. The predicted octanol–water partition coefficient (Wildman–Crippen LogP) is 3.24. The predicted molar refractivity (Wildman–Crippen MR) is 189 cm³/mol. The Hall–Kier alpha value is -1.72. The van der Waals surface area contributed by atoms with Crippen molar-refractivity contribution < 1.29 is 40.9 Å². The van der Waals surface area contributed by atoms with Crippen molar-refractivity contribution in [1.29, 1.82) is 0 Å². The smallest absolute Gasteiger partial charge is 0.133 e. The Kier molecular flexibility index (Phi) is 9.10. The average Bonchev–Trinajstić information content (AvgIpc) is 3.58. The van der Waals surface area contributed by atoms with E-state index in [-0.39, 0.29) is 59.9 Å². The van der Waals surface area contributed by atoms with Gasteiger partial charge in [-0.2, -0.15) is 0 Å². The second-order valence-electron chi connectivity index (χ2n) is 18.4. The molecule has 8 heteroatoms. The van der Waals surface area contributed by atoms with E-state index in [9.17, 15) is 40.9 Å². The summed E-state index contributed by atoms with van der Waals surface area (Å²) in [4.78, 5) is 0. The van der Waals surface area contributed by atoms with Crippen molar-refractivity contribution in [3.63, 3.8) is 0 Å². The van der Waals surface area contributed by atoms with Gasteiger partial charge in [-0.05, 0) is 136 Å². The lowest BCUT2D eigenvalue weighted by Gasteiger charge is -2.59. The van der Waals surface area contributed by atoms with Crippen LogP contribution in [0.2, 0.25) is 0 Å². The Morgan fingerprint density at radius 2 is 0.940 bits per heavy atom. The van der Waals surface area contributed by atoms with Gasteiger partial charge in [-0.25, -0.2) is 0 Å². The van der Waals surface area contributed by atoms with Crippen molar-refractivity contribution >= 4 is 0 Å². The summed E-state index contributed by atoms with van der Waals surface area (Å²) in [5, 5.41) is 84.6. The van der Waals surface area contributed by atoms with Crippen LogP contribution in [0.4, 0.5) is 0 Å². The fraction of sp³-hybridized carbons (Fsp3) is 0.810. The number of aliphatic hydroxyl groups is 8. The van der Waals surface area contributed by atoms with Gasteiger partial charge in [0.1, 0.15) is 11.2 Å². The highest BCUT2D eigenvalue weighted by Crippen LogP contribution is 2.68. The maximum absolute atomic E-state index is 11.0. The summed E-state index contributed by atoms with van der Waals surface area (Å²) in [5.41, 5.74) is -1.54. The molecule has 0 amide bonds. The van der Waals surface area contributed by atoms with Crippen molar-refractivity contribution in [1.82, 2.24) is 0 Å². The first-order chi connectivity index (χ1) is 23.6. The topological polar surface area (TPSA) is 162 Å². The van der Waals surface area contributed by atoms with Crippen LogP contribution in [0.1, 0.15) is 104 Å². The number of hydrogen-bond donors (Lipinski definition) is 8. The van der Waals surface area contributed by atoms with Crippen LogP contribution in [0.25, 0.3) is 0 Å². The van der Waals surface area contributed by atoms with Crippen LogP contribution in [0, 0.1) is 81.9 Å². The summed E-state index contributed by atoms with van der Waals surface area (Å²) in [5.74, 6) is 5.91. The molecule has 6 unspecified atom stereocenters. The van der Waals surface area contributed by atoms with Gasteiger partial charge in [0, 0.05) is 10.8 Å². The van der Waals surface area contributed by atoms with E-state index in [1.807, 2.05) is 12.2 Å². The molecule has 8 aliphatic rings. The number of terminal acetylenes is 2. The minimum absolute atomic E-state index is 0.00158. The SMILES string of the molecule is C#C[C@]1(O)CCC2C3C(CC[C@@]21CO)[C@@]1(C)CC[C@@H](O)CC1=C[C@@H]3O.C#C[C@]1(O)CCC2C3C(CC[C@@]21CO)[C@@]1(C)CC[C@H](O)CC1=C[C@@H]3O. The average molecular weight is 693 g/mol. The third kappa shape index (κ3) is 4.82. The number of rotatable bonds is 2. The number of hydrogen-bond acceptors (Lipinski definition) is 8. The van der Waals surface area contributed by atoms with Gasteiger partial charge in [-0.3, -0.25) is 0 Å². The molecule has 8 N–H and O–H groups in total. The molecule has 276 valence electrons. The van der Waals surface area contributed by atoms with Gasteiger partial charge < -0.3 is 40.9 Å². The van der Waals surface area contributed by atoms with Crippen molar-refractivity contribution in [2.75, 3.05) is 13.2 Å². The van der Waals surface area contributed by atoms with E-state index >= 15 is 0 Å².